The highest BCUT2D eigenvalue weighted by Gasteiger charge is 2.24. The van der Waals surface area contributed by atoms with E-state index in [2.05, 4.69) is 64.4 Å². The molecule has 1 saturated heterocycles. The molecule has 0 bridgehead atoms. The first-order valence-electron chi connectivity index (χ1n) is 11.3. The average molecular weight is 450 g/mol. The SMILES string of the molecule is CCN1CCN(C(=O)CN(Cc2ccccc2)c2nc(Cc3ccc(C)cc3)ns2)CC1. The van der Waals surface area contributed by atoms with Gasteiger partial charge in [0.25, 0.3) is 0 Å². The Bertz CT molecular complexity index is 997. The number of nitrogens with zero attached hydrogens (tertiary/aromatic N) is 5. The number of hydrogen-bond acceptors (Lipinski definition) is 6. The molecule has 3 aromatic rings. The molecule has 32 heavy (non-hydrogen) atoms. The number of carbonyl (C=O) groups excluding carboxylic acids is 1. The molecule has 1 fully saturated rings. The number of likely N-dealkylation sites (N-methyl/N-ethyl adjacent to an activating group) is 1. The van der Waals surface area contributed by atoms with E-state index in [4.69, 9.17) is 4.98 Å². The smallest absolute Gasteiger partial charge is 0.242 e. The van der Waals surface area contributed by atoms with Crippen LogP contribution in [0.5, 0.6) is 0 Å². The van der Waals surface area contributed by atoms with E-state index in [1.807, 2.05) is 23.1 Å². The number of aromatic nitrogens is 2. The van der Waals surface area contributed by atoms with Crippen LogP contribution in [0.1, 0.15) is 29.4 Å². The minimum atomic E-state index is 0.159. The summed E-state index contributed by atoms with van der Waals surface area (Å²) in [6, 6.07) is 18.7. The minimum absolute atomic E-state index is 0.159. The maximum Gasteiger partial charge on any atom is 0.242 e. The van der Waals surface area contributed by atoms with Crippen LogP contribution in [0, 0.1) is 6.92 Å². The fourth-order valence-electron chi connectivity index (χ4n) is 3.91. The molecule has 0 saturated carbocycles. The van der Waals surface area contributed by atoms with Gasteiger partial charge in [0.05, 0.1) is 6.54 Å². The lowest BCUT2D eigenvalue weighted by Crippen LogP contribution is -2.51. The van der Waals surface area contributed by atoms with Crippen molar-refractivity contribution < 1.29 is 4.79 Å². The topological polar surface area (TPSA) is 52.6 Å². The van der Waals surface area contributed by atoms with Crippen molar-refractivity contribution in [3.8, 4) is 0 Å². The van der Waals surface area contributed by atoms with E-state index in [9.17, 15) is 4.79 Å². The van der Waals surface area contributed by atoms with E-state index >= 15 is 0 Å². The van der Waals surface area contributed by atoms with Crippen LogP contribution < -0.4 is 4.90 Å². The van der Waals surface area contributed by atoms with Crippen molar-refractivity contribution in [3.05, 3.63) is 77.1 Å². The van der Waals surface area contributed by atoms with Gasteiger partial charge in [-0.15, -0.1) is 0 Å². The molecule has 2 heterocycles. The van der Waals surface area contributed by atoms with E-state index in [1.165, 1.54) is 22.7 Å². The lowest BCUT2D eigenvalue weighted by Gasteiger charge is -2.35. The van der Waals surface area contributed by atoms with Crippen molar-refractivity contribution in [2.75, 3.05) is 44.2 Å². The van der Waals surface area contributed by atoms with E-state index in [0.29, 0.717) is 19.5 Å². The number of amides is 1. The lowest BCUT2D eigenvalue weighted by atomic mass is 10.1. The Morgan fingerprint density at radius 1 is 1.00 bits per heavy atom. The standard InChI is InChI=1S/C25H31N5OS/c1-3-28-13-15-29(16-14-28)24(31)19-30(18-22-7-5-4-6-8-22)25-26-23(27-32-25)17-21-11-9-20(2)10-12-21/h4-12H,3,13-19H2,1-2H3. The molecular weight excluding hydrogens is 418 g/mol. The molecule has 0 radical (unpaired) electrons. The van der Waals surface area contributed by atoms with E-state index in [-0.39, 0.29) is 5.91 Å². The van der Waals surface area contributed by atoms with Gasteiger partial charge >= 0.3 is 0 Å². The Morgan fingerprint density at radius 2 is 1.72 bits per heavy atom. The highest BCUT2D eigenvalue weighted by atomic mass is 32.1. The first-order valence-corrected chi connectivity index (χ1v) is 12.0. The lowest BCUT2D eigenvalue weighted by molar-refractivity contribution is -0.131. The van der Waals surface area contributed by atoms with E-state index in [0.717, 1.165) is 49.2 Å². The third-order valence-corrected chi connectivity index (χ3v) is 6.74. The van der Waals surface area contributed by atoms with Crippen LogP contribution >= 0.6 is 11.5 Å². The molecule has 2 aromatic carbocycles. The van der Waals surface area contributed by atoms with Gasteiger partial charge < -0.3 is 14.7 Å². The van der Waals surface area contributed by atoms with Gasteiger partial charge in [-0.25, -0.2) is 4.98 Å². The van der Waals surface area contributed by atoms with Crippen LogP contribution in [0.25, 0.3) is 0 Å². The summed E-state index contributed by atoms with van der Waals surface area (Å²) in [6.07, 6.45) is 0.697. The number of aryl methyl sites for hydroxylation is 1. The van der Waals surface area contributed by atoms with Crippen molar-refractivity contribution in [3.63, 3.8) is 0 Å². The Kier molecular flexibility index (Phi) is 7.50. The highest BCUT2D eigenvalue weighted by Crippen LogP contribution is 2.22. The second kappa shape index (κ2) is 10.7. The zero-order valence-corrected chi connectivity index (χ0v) is 19.7. The summed E-state index contributed by atoms with van der Waals surface area (Å²) in [6.45, 7) is 9.73. The number of carbonyl (C=O) groups is 1. The van der Waals surface area contributed by atoms with E-state index < -0.39 is 0 Å². The summed E-state index contributed by atoms with van der Waals surface area (Å²) in [5, 5.41) is 0.802. The first kappa shape index (κ1) is 22.4. The van der Waals surface area contributed by atoms with Crippen LogP contribution in [0.4, 0.5) is 5.13 Å². The van der Waals surface area contributed by atoms with Crippen molar-refractivity contribution in [1.29, 1.82) is 0 Å². The highest BCUT2D eigenvalue weighted by molar-refractivity contribution is 7.09. The molecule has 168 valence electrons. The van der Waals surface area contributed by atoms with Crippen molar-refractivity contribution >= 4 is 22.6 Å². The summed E-state index contributed by atoms with van der Waals surface area (Å²) >= 11 is 1.38. The maximum atomic E-state index is 13.1. The molecule has 1 aliphatic heterocycles. The predicted octanol–water partition coefficient (Wildman–Crippen LogP) is 3.61. The molecule has 0 N–H and O–H groups in total. The predicted molar refractivity (Wildman–Crippen MR) is 130 cm³/mol. The van der Waals surface area contributed by atoms with Crippen LogP contribution in [0.2, 0.25) is 0 Å². The Balaban J connectivity index is 1.47. The van der Waals surface area contributed by atoms with Crippen molar-refractivity contribution in [2.45, 2.75) is 26.8 Å². The Labute approximate surface area is 194 Å². The molecule has 0 aliphatic carbocycles. The van der Waals surface area contributed by atoms with Gasteiger partial charge in [0.15, 0.2) is 0 Å². The molecule has 1 aliphatic rings. The fraction of sp³-hybridized carbons (Fsp3) is 0.400. The number of benzene rings is 2. The van der Waals surface area contributed by atoms with Crippen LogP contribution in [-0.4, -0.2) is 64.3 Å². The second-order valence-corrected chi connectivity index (χ2v) is 9.04. The largest absolute Gasteiger partial charge is 0.339 e. The molecule has 7 heteroatoms. The van der Waals surface area contributed by atoms with Gasteiger partial charge in [-0.05, 0) is 24.6 Å². The zero-order chi connectivity index (χ0) is 22.3. The Hall–Kier alpha value is -2.77. The van der Waals surface area contributed by atoms with E-state index in [1.54, 1.807) is 0 Å². The number of rotatable bonds is 8. The van der Waals surface area contributed by atoms with Gasteiger partial charge in [0.2, 0.25) is 11.0 Å². The maximum absolute atomic E-state index is 13.1. The van der Waals surface area contributed by atoms with Crippen LogP contribution in [-0.2, 0) is 17.8 Å². The third kappa shape index (κ3) is 5.93. The molecule has 1 amide bonds. The van der Waals surface area contributed by atoms with Crippen LogP contribution in [0.3, 0.4) is 0 Å². The van der Waals surface area contributed by atoms with Gasteiger partial charge in [0.1, 0.15) is 5.82 Å². The summed E-state index contributed by atoms with van der Waals surface area (Å²) in [5.41, 5.74) is 3.60. The van der Waals surface area contributed by atoms with Crippen molar-refractivity contribution in [2.24, 2.45) is 0 Å². The number of anilines is 1. The van der Waals surface area contributed by atoms with Crippen molar-refractivity contribution in [1.82, 2.24) is 19.2 Å². The molecule has 0 atom stereocenters. The quantitative estimate of drug-likeness (QED) is 0.526. The molecule has 6 nitrogen and oxygen atoms in total. The summed E-state index contributed by atoms with van der Waals surface area (Å²) < 4.78 is 4.59. The van der Waals surface area contributed by atoms with Gasteiger partial charge in [0, 0.05) is 50.7 Å². The summed E-state index contributed by atoms with van der Waals surface area (Å²) in [7, 11) is 0. The second-order valence-electron chi connectivity index (χ2n) is 8.31. The number of piperazine rings is 1. The molecule has 0 unspecified atom stereocenters. The van der Waals surface area contributed by atoms with Crippen LogP contribution in [0.15, 0.2) is 54.6 Å². The minimum Gasteiger partial charge on any atom is -0.339 e. The van der Waals surface area contributed by atoms with Gasteiger partial charge in [-0.3, -0.25) is 4.79 Å². The fourth-order valence-corrected chi connectivity index (χ4v) is 4.59. The van der Waals surface area contributed by atoms with Gasteiger partial charge in [-0.1, -0.05) is 67.1 Å². The Morgan fingerprint density at radius 3 is 2.41 bits per heavy atom. The summed E-state index contributed by atoms with van der Waals surface area (Å²) in [5.74, 6) is 0.961. The molecule has 4 rings (SSSR count). The first-order chi connectivity index (χ1) is 15.6. The average Bonchev–Trinajstić information content (AvgIpc) is 3.29. The molecule has 1 aromatic heterocycles. The monoisotopic (exact) mass is 449 g/mol. The third-order valence-electron chi connectivity index (χ3n) is 5.93. The summed E-state index contributed by atoms with van der Waals surface area (Å²) in [4.78, 5) is 24.4. The molecule has 0 spiro atoms. The zero-order valence-electron chi connectivity index (χ0n) is 18.9. The number of hydrogen-bond donors (Lipinski definition) is 0. The van der Waals surface area contributed by atoms with Gasteiger partial charge in [-0.2, -0.15) is 4.37 Å². The normalized spacial score (nSPS) is 14.5. The molecular formula is C25H31N5OS.